The van der Waals surface area contributed by atoms with Crippen LogP contribution in [0.3, 0.4) is 0 Å². The number of fused-ring (bicyclic) bond motifs is 1. The number of alkyl halides is 1. The summed E-state index contributed by atoms with van der Waals surface area (Å²) in [7, 11) is 0. The molecule has 0 radical (unpaired) electrons. The Hall–Kier alpha value is 0.290. The van der Waals surface area contributed by atoms with Crippen LogP contribution in [0.1, 0.15) is 19.3 Å². The van der Waals surface area contributed by atoms with Crippen LogP contribution < -0.4 is 0 Å². The van der Waals surface area contributed by atoms with Gasteiger partial charge >= 0.3 is 0 Å². The fourth-order valence-electron chi connectivity index (χ4n) is 1.63. The van der Waals surface area contributed by atoms with Crippen LogP contribution in [-0.2, 0) is 0 Å². The largest absolute Gasteiger partial charge is 0.123 e. The Bertz CT molecular complexity index is 90.2. The van der Waals surface area contributed by atoms with E-state index >= 15 is 0 Å². The molecule has 0 aliphatic heterocycles. The van der Waals surface area contributed by atoms with E-state index in [1.165, 1.54) is 19.3 Å². The van der Waals surface area contributed by atoms with Gasteiger partial charge < -0.3 is 0 Å². The first kappa shape index (κ1) is 4.20. The van der Waals surface area contributed by atoms with Crippen LogP contribution in [0.2, 0.25) is 0 Å². The highest BCUT2D eigenvalue weighted by molar-refractivity contribution is 6.21. The molecule has 2 fully saturated rings. The Morgan fingerprint density at radius 1 is 1.29 bits per heavy atom. The van der Waals surface area contributed by atoms with Gasteiger partial charge in [0.05, 0.1) is 0 Å². The third-order valence-electron chi connectivity index (χ3n) is 2.26. The highest BCUT2D eigenvalue weighted by atomic mass is 35.5. The Labute approximate surface area is 48.9 Å². The molecule has 0 saturated heterocycles. The summed E-state index contributed by atoms with van der Waals surface area (Å²) in [6.07, 6.45) is 4.14. The summed E-state index contributed by atoms with van der Waals surface area (Å²) in [5.74, 6) is 2.00. The van der Waals surface area contributed by atoms with Crippen molar-refractivity contribution in [3.05, 3.63) is 0 Å². The van der Waals surface area contributed by atoms with Gasteiger partial charge in [0.15, 0.2) is 0 Å². The third kappa shape index (κ3) is 0.495. The lowest BCUT2D eigenvalue weighted by molar-refractivity contribution is 0.742. The zero-order valence-corrected chi connectivity index (χ0v) is 4.99. The molecule has 0 aromatic carbocycles. The molecule has 40 valence electrons. The molecule has 7 heavy (non-hydrogen) atoms. The van der Waals surface area contributed by atoms with E-state index in [4.69, 9.17) is 11.6 Å². The van der Waals surface area contributed by atoms with Crippen molar-refractivity contribution in [1.29, 1.82) is 0 Å². The second-order valence-corrected chi connectivity index (χ2v) is 3.31. The molecular formula is C6H9Cl. The Morgan fingerprint density at radius 2 is 2.14 bits per heavy atom. The highest BCUT2D eigenvalue weighted by Gasteiger charge is 2.46. The van der Waals surface area contributed by atoms with E-state index in [9.17, 15) is 0 Å². The van der Waals surface area contributed by atoms with Gasteiger partial charge in [-0.25, -0.2) is 0 Å². The summed E-state index contributed by atoms with van der Waals surface area (Å²) in [6, 6.07) is 0. The SMILES string of the molecule is Cl[C@@H]1CC[C@@H]2C[C@@H]21. The van der Waals surface area contributed by atoms with E-state index in [1.807, 2.05) is 0 Å². The molecule has 0 heterocycles. The van der Waals surface area contributed by atoms with Crippen LogP contribution in [-0.4, -0.2) is 5.38 Å². The van der Waals surface area contributed by atoms with Crippen molar-refractivity contribution in [3.8, 4) is 0 Å². The molecule has 0 unspecified atom stereocenters. The second kappa shape index (κ2) is 1.17. The minimum Gasteiger partial charge on any atom is -0.123 e. The predicted molar refractivity (Wildman–Crippen MR) is 30.5 cm³/mol. The molecule has 0 aromatic rings. The Morgan fingerprint density at radius 3 is 2.29 bits per heavy atom. The molecule has 2 aliphatic rings. The molecular weight excluding hydrogens is 108 g/mol. The van der Waals surface area contributed by atoms with Crippen LogP contribution in [0.5, 0.6) is 0 Å². The molecule has 0 nitrogen and oxygen atoms in total. The van der Waals surface area contributed by atoms with E-state index < -0.39 is 0 Å². The zero-order chi connectivity index (χ0) is 4.85. The molecule has 1 heteroatoms. The van der Waals surface area contributed by atoms with E-state index in [0.29, 0.717) is 5.38 Å². The first-order valence-electron chi connectivity index (χ1n) is 3.02. The van der Waals surface area contributed by atoms with Gasteiger partial charge in [-0.2, -0.15) is 0 Å². The highest BCUT2D eigenvalue weighted by Crippen LogP contribution is 2.53. The third-order valence-corrected chi connectivity index (χ3v) is 2.80. The topological polar surface area (TPSA) is 0 Å². The van der Waals surface area contributed by atoms with Crippen molar-refractivity contribution in [1.82, 2.24) is 0 Å². The summed E-state index contributed by atoms with van der Waals surface area (Å²) in [6.45, 7) is 0. The molecule has 0 N–H and O–H groups in total. The smallest absolute Gasteiger partial charge is 0.0367 e. The van der Waals surface area contributed by atoms with Crippen LogP contribution >= 0.6 is 11.6 Å². The Kier molecular flexibility index (Phi) is 0.699. The zero-order valence-electron chi connectivity index (χ0n) is 4.23. The van der Waals surface area contributed by atoms with Crippen LogP contribution in [0.15, 0.2) is 0 Å². The predicted octanol–water partition coefficient (Wildman–Crippen LogP) is 2.02. The lowest BCUT2D eigenvalue weighted by Crippen LogP contribution is -1.92. The fourth-order valence-corrected chi connectivity index (χ4v) is 2.07. The Balaban J connectivity index is 2.08. The van der Waals surface area contributed by atoms with Crippen molar-refractivity contribution in [2.75, 3.05) is 0 Å². The average Bonchev–Trinajstić information content (AvgIpc) is 2.33. The molecule has 2 aliphatic carbocycles. The van der Waals surface area contributed by atoms with Gasteiger partial charge in [0, 0.05) is 5.38 Å². The van der Waals surface area contributed by atoms with Gasteiger partial charge in [0.25, 0.3) is 0 Å². The van der Waals surface area contributed by atoms with Crippen LogP contribution in [0, 0.1) is 11.8 Å². The summed E-state index contributed by atoms with van der Waals surface area (Å²) >= 11 is 5.90. The fraction of sp³-hybridized carbons (Fsp3) is 1.00. The van der Waals surface area contributed by atoms with E-state index in [1.54, 1.807) is 0 Å². The van der Waals surface area contributed by atoms with Crippen molar-refractivity contribution in [2.45, 2.75) is 24.6 Å². The minimum atomic E-state index is 0.560. The van der Waals surface area contributed by atoms with Crippen molar-refractivity contribution in [2.24, 2.45) is 11.8 Å². The van der Waals surface area contributed by atoms with Gasteiger partial charge in [-0.1, -0.05) is 0 Å². The maximum Gasteiger partial charge on any atom is 0.0367 e. The molecule has 3 atom stereocenters. The molecule has 0 aromatic heterocycles. The first-order chi connectivity index (χ1) is 3.38. The molecule has 0 bridgehead atoms. The van der Waals surface area contributed by atoms with Crippen molar-refractivity contribution in [3.63, 3.8) is 0 Å². The number of rotatable bonds is 0. The standard InChI is InChI=1S/C6H9Cl/c7-6-2-1-4-3-5(4)6/h4-6H,1-3H2/t4-,5+,6-/m1/s1. The van der Waals surface area contributed by atoms with Crippen molar-refractivity contribution >= 4 is 11.6 Å². The average molecular weight is 117 g/mol. The second-order valence-electron chi connectivity index (χ2n) is 2.75. The van der Waals surface area contributed by atoms with E-state index in [-0.39, 0.29) is 0 Å². The monoisotopic (exact) mass is 116 g/mol. The lowest BCUT2D eigenvalue weighted by atomic mass is 10.2. The van der Waals surface area contributed by atoms with Gasteiger partial charge in [0.2, 0.25) is 0 Å². The van der Waals surface area contributed by atoms with Gasteiger partial charge in [-0.15, -0.1) is 11.6 Å². The van der Waals surface area contributed by atoms with Crippen LogP contribution in [0.4, 0.5) is 0 Å². The van der Waals surface area contributed by atoms with Gasteiger partial charge in [0.1, 0.15) is 0 Å². The number of halogens is 1. The quantitative estimate of drug-likeness (QED) is 0.425. The molecule has 0 amide bonds. The molecule has 2 saturated carbocycles. The minimum absolute atomic E-state index is 0.560. The van der Waals surface area contributed by atoms with Gasteiger partial charge in [-0.05, 0) is 31.1 Å². The maximum atomic E-state index is 5.90. The maximum absolute atomic E-state index is 5.90. The molecule has 0 spiro atoms. The van der Waals surface area contributed by atoms with E-state index in [0.717, 1.165) is 11.8 Å². The van der Waals surface area contributed by atoms with E-state index in [2.05, 4.69) is 0 Å². The summed E-state index contributed by atoms with van der Waals surface area (Å²) in [5, 5.41) is 0.560. The normalized spacial score (nSPS) is 57.0. The summed E-state index contributed by atoms with van der Waals surface area (Å²) in [4.78, 5) is 0. The number of hydrogen-bond donors (Lipinski definition) is 0. The van der Waals surface area contributed by atoms with Gasteiger partial charge in [-0.3, -0.25) is 0 Å². The number of hydrogen-bond acceptors (Lipinski definition) is 0. The van der Waals surface area contributed by atoms with Crippen molar-refractivity contribution < 1.29 is 0 Å². The first-order valence-corrected chi connectivity index (χ1v) is 3.45. The summed E-state index contributed by atoms with van der Waals surface area (Å²) < 4.78 is 0. The van der Waals surface area contributed by atoms with Crippen LogP contribution in [0.25, 0.3) is 0 Å². The lowest BCUT2D eigenvalue weighted by Gasteiger charge is -1.95. The molecule has 2 rings (SSSR count). The summed E-state index contributed by atoms with van der Waals surface area (Å²) in [5.41, 5.74) is 0.